The molecule has 0 bridgehead atoms. The van der Waals surface area contributed by atoms with Crippen molar-refractivity contribution in [3.8, 4) is 0 Å². The topological polar surface area (TPSA) is 21.3 Å². The fraction of sp³-hybridized carbons (Fsp3) is 0.733. The molecule has 1 N–H and O–H groups in total. The Morgan fingerprint density at radius 1 is 1.29 bits per heavy atom. The van der Waals surface area contributed by atoms with Crippen LogP contribution in [0.5, 0.6) is 0 Å². The Morgan fingerprint density at radius 2 is 2.24 bits per heavy atom. The second kappa shape index (κ2) is 6.85. The first kappa shape index (κ1) is 12.7. The van der Waals surface area contributed by atoms with E-state index in [1.165, 1.54) is 50.5 Å². The van der Waals surface area contributed by atoms with E-state index in [-0.39, 0.29) is 0 Å². The predicted molar refractivity (Wildman–Crippen MR) is 71.9 cm³/mol. The van der Waals surface area contributed by atoms with Crippen LogP contribution in [0.25, 0.3) is 0 Å². The van der Waals surface area contributed by atoms with Crippen LogP contribution in [0.2, 0.25) is 0 Å². The van der Waals surface area contributed by atoms with Gasteiger partial charge in [-0.05, 0) is 57.1 Å². The van der Waals surface area contributed by atoms with E-state index in [4.69, 9.17) is 4.74 Å². The lowest BCUT2D eigenvalue weighted by Crippen LogP contribution is -2.32. The molecule has 96 valence electrons. The maximum atomic E-state index is 5.48. The molecule has 2 nitrogen and oxygen atoms in total. The van der Waals surface area contributed by atoms with Gasteiger partial charge in [0.15, 0.2) is 0 Å². The number of hydrogen-bond acceptors (Lipinski definition) is 2. The lowest BCUT2D eigenvalue weighted by Gasteiger charge is -2.26. The number of ether oxygens (including phenoxy) is 1. The van der Waals surface area contributed by atoms with Gasteiger partial charge in [0.25, 0.3) is 0 Å². The maximum absolute atomic E-state index is 5.48. The largest absolute Gasteiger partial charge is 0.501 e. The molecule has 0 aromatic rings. The average molecular weight is 235 g/mol. The number of hydrogen-bond donors (Lipinski definition) is 1. The van der Waals surface area contributed by atoms with Crippen LogP contribution in [-0.2, 0) is 4.74 Å². The molecule has 1 aliphatic heterocycles. The summed E-state index contributed by atoms with van der Waals surface area (Å²) in [6.07, 6.45) is 13.3. The Morgan fingerprint density at radius 3 is 2.88 bits per heavy atom. The molecule has 0 saturated heterocycles. The fourth-order valence-electron chi connectivity index (χ4n) is 2.77. The third kappa shape index (κ3) is 3.88. The van der Waals surface area contributed by atoms with E-state index in [9.17, 15) is 0 Å². The highest BCUT2D eigenvalue weighted by atomic mass is 16.5. The molecule has 2 heteroatoms. The summed E-state index contributed by atoms with van der Waals surface area (Å²) in [5, 5.41) is 3.61. The van der Waals surface area contributed by atoms with E-state index in [0.717, 1.165) is 13.2 Å². The molecular formula is C15H25NO. The molecule has 2 aliphatic rings. The van der Waals surface area contributed by atoms with Gasteiger partial charge in [-0.15, -0.1) is 0 Å². The molecule has 0 amide bonds. The minimum atomic E-state index is 0.504. The van der Waals surface area contributed by atoms with E-state index in [1.807, 2.05) is 6.26 Å². The van der Waals surface area contributed by atoms with Crippen molar-refractivity contribution in [1.82, 2.24) is 5.32 Å². The van der Waals surface area contributed by atoms with Crippen molar-refractivity contribution in [1.29, 1.82) is 0 Å². The SMILES string of the molecule is CCNC(CC1=CCCCC1)C1=COCCC1. The fourth-order valence-corrected chi connectivity index (χ4v) is 2.77. The first-order chi connectivity index (χ1) is 8.40. The molecule has 0 aromatic heterocycles. The van der Waals surface area contributed by atoms with Gasteiger partial charge in [0, 0.05) is 6.04 Å². The summed E-state index contributed by atoms with van der Waals surface area (Å²) in [5.41, 5.74) is 3.11. The third-order valence-electron chi connectivity index (χ3n) is 3.71. The van der Waals surface area contributed by atoms with Gasteiger partial charge in [-0.25, -0.2) is 0 Å². The highest BCUT2D eigenvalue weighted by Crippen LogP contribution is 2.26. The number of allylic oxidation sites excluding steroid dienone is 1. The van der Waals surface area contributed by atoms with Gasteiger partial charge in [0.1, 0.15) is 0 Å². The monoisotopic (exact) mass is 235 g/mol. The van der Waals surface area contributed by atoms with Crippen LogP contribution in [0.15, 0.2) is 23.5 Å². The van der Waals surface area contributed by atoms with Crippen LogP contribution < -0.4 is 5.32 Å². The molecule has 0 spiro atoms. The summed E-state index contributed by atoms with van der Waals surface area (Å²) >= 11 is 0. The van der Waals surface area contributed by atoms with Crippen LogP contribution in [0.4, 0.5) is 0 Å². The van der Waals surface area contributed by atoms with Crippen LogP contribution in [0, 0.1) is 0 Å². The minimum Gasteiger partial charge on any atom is -0.501 e. The first-order valence-corrected chi connectivity index (χ1v) is 7.12. The molecule has 1 aliphatic carbocycles. The van der Waals surface area contributed by atoms with E-state index in [2.05, 4.69) is 18.3 Å². The van der Waals surface area contributed by atoms with Crippen molar-refractivity contribution in [2.75, 3.05) is 13.2 Å². The minimum absolute atomic E-state index is 0.504. The lowest BCUT2D eigenvalue weighted by molar-refractivity contribution is 0.219. The van der Waals surface area contributed by atoms with Crippen molar-refractivity contribution in [3.63, 3.8) is 0 Å². The number of rotatable bonds is 5. The number of nitrogens with one attached hydrogen (secondary N) is 1. The summed E-state index contributed by atoms with van der Waals surface area (Å²) in [4.78, 5) is 0. The summed E-state index contributed by atoms with van der Waals surface area (Å²) in [6, 6.07) is 0.504. The molecular weight excluding hydrogens is 210 g/mol. The van der Waals surface area contributed by atoms with E-state index < -0.39 is 0 Å². The van der Waals surface area contributed by atoms with Gasteiger partial charge < -0.3 is 10.1 Å². The zero-order valence-corrected chi connectivity index (χ0v) is 11.0. The third-order valence-corrected chi connectivity index (χ3v) is 3.71. The van der Waals surface area contributed by atoms with Gasteiger partial charge in [-0.3, -0.25) is 0 Å². The van der Waals surface area contributed by atoms with E-state index in [1.54, 1.807) is 5.57 Å². The highest BCUT2D eigenvalue weighted by molar-refractivity contribution is 5.17. The quantitative estimate of drug-likeness (QED) is 0.736. The van der Waals surface area contributed by atoms with Gasteiger partial charge in [0.05, 0.1) is 12.9 Å². The Kier molecular flexibility index (Phi) is 5.11. The molecule has 1 unspecified atom stereocenters. The van der Waals surface area contributed by atoms with Gasteiger partial charge in [-0.1, -0.05) is 18.6 Å². The summed E-state index contributed by atoms with van der Waals surface area (Å²) < 4.78 is 5.48. The van der Waals surface area contributed by atoms with Crippen LogP contribution in [0.1, 0.15) is 51.9 Å². The summed E-state index contributed by atoms with van der Waals surface area (Å²) in [6.45, 7) is 4.12. The standard InChI is InChI=1S/C15H25NO/c1-2-16-15(14-9-6-10-17-12-14)11-13-7-4-3-5-8-13/h7,12,15-16H,2-6,8-11H2,1H3. The van der Waals surface area contributed by atoms with Crippen molar-refractivity contribution < 1.29 is 4.74 Å². The molecule has 2 rings (SSSR count). The van der Waals surface area contributed by atoms with Crippen molar-refractivity contribution in [2.45, 2.75) is 57.9 Å². The van der Waals surface area contributed by atoms with Crippen molar-refractivity contribution in [3.05, 3.63) is 23.5 Å². The molecule has 0 radical (unpaired) electrons. The normalized spacial score (nSPS) is 22.4. The van der Waals surface area contributed by atoms with Gasteiger partial charge in [-0.2, -0.15) is 0 Å². The maximum Gasteiger partial charge on any atom is 0.0876 e. The van der Waals surface area contributed by atoms with Crippen molar-refractivity contribution in [2.24, 2.45) is 0 Å². The molecule has 1 atom stereocenters. The Hall–Kier alpha value is -0.760. The molecule has 0 saturated carbocycles. The summed E-state index contributed by atoms with van der Waals surface area (Å²) in [7, 11) is 0. The van der Waals surface area contributed by atoms with Gasteiger partial charge in [0.2, 0.25) is 0 Å². The molecule has 17 heavy (non-hydrogen) atoms. The zero-order chi connectivity index (χ0) is 11.9. The van der Waals surface area contributed by atoms with Crippen LogP contribution in [-0.4, -0.2) is 19.2 Å². The van der Waals surface area contributed by atoms with Crippen LogP contribution in [0.3, 0.4) is 0 Å². The Balaban J connectivity index is 1.95. The van der Waals surface area contributed by atoms with Crippen LogP contribution >= 0.6 is 0 Å². The van der Waals surface area contributed by atoms with Crippen molar-refractivity contribution >= 4 is 0 Å². The summed E-state index contributed by atoms with van der Waals surface area (Å²) in [5.74, 6) is 0. The average Bonchev–Trinajstić information content (AvgIpc) is 2.40. The Labute approximate surface area is 105 Å². The second-order valence-electron chi connectivity index (χ2n) is 5.09. The lowest BCUT2D eigenvalue weighted by atomic mass is 9.90. The second-order valence-corrected chi connectivity index (χ2v) is 5.09. The Bertz CT molecular complexity index is 293. The van der Waals surface area contributed by atoms with Gasteiger partial charge >= 0.3 is 0 Å². The smallest absolute Gasteiger partial charge is 0.0876 e. The molecule has 0 fully saturated rings. The zero-order valence-electron chi connectivity index (χ0n) is 11.0. The molecule has 1 heterocycles. The van der Waals surface area contributed by atoms with E-state index in [0.29, 0.717) is 6.04 Å². The van der Waals surface area contributed by atoms with E-state index >= 15 is 0 Å². The highest BCUT2D eigenvalue weighted by Gasteiger charge is 2.18. The predicted octanol–water partition coefficient (Wildman–Crippen LogP) is 3.55. The first-order valence-electron chi connectivity index (χ1n) is 7.12. The molecule has 0 aromatic carbocycles. The number of likely N-dealkylation sites (N-methyl/N-ethyl adjacent to an activating group) is 1.